The van der Waals surface area contributed by atoms with Gasteiger partial charge in [0, 0.05) is 13.1 Å². The van der Waals surface area contributed by atoms with Crippen LogP contribution < -0.4 is 9.62 Å². The van der Waals surface area contributed by atoms with Crippen molar-refractivity contribution in [2.45, 2.75) is 44.2 Å². The minimum atomic E-state index is -5.08. The summed E-state index contributed by atoms with van der Waals surface area (Å²) >= 11 is 0. The molecule has 1 fully saturated rings. The van der Waals surface area contributed by atoms with Crippen molar-refractivity contribution in [2.75, 3.05) is 22.7 Å². The maximum Gasteiger partial charge on any atom is 0.490 e. The first-order valence-electron chi connectivity index (χ1n) is 12.6. The number of carbonyl (C=O) groups is 2. The molecule has 0 atom stereocenters. The van der Waals surface area contributed by atoms with E-state index >= 15 is 0 Å². The van der Waals surface area contributed by atoms with Gasteiger partial charge in [-0.25, -0.2) is 23.0 Å². The molecule has 41 heavy (non-hydrogen) atoms. The molecule has 0 saturated carbocycles. The van der Waals surface area contributed by atoms with Gasteiger partial charge in [0.2, 0.25) is 0 Å². The molecule has 4 rings (SSSR count). The number of aliphatic carboxylic acids is 1. The van der Waals surface area contributed by atoms with E-state index in [9.17, 15) is 31.5 Å². The molecule has 9 nitrogen and oxygen atoms in total. The van der Waals surface area contributed by atoms with Crippen molar-refractivity contribution < 1.29 is 41.4 Å². The molecule has 2 aromatic carbocycles. The van der Waals surface area contributed by atoms with E-state index in [1.54, 1.807) is 19.1 Å². The molecular formula is C28H30F3N3O6S. The SMILES string of the molecule is Cc1ccc(C)c(S(=O)(=O)Nc2cnc(N3CCC(Cc4ccccc4)CC3)c(C(=O)O)c2)c1.O=C(O)C(F)(F)F. The third-order valence-electron chi connectivity index (χ3n) is 6.51. The Morgan fingerprint density at radius 2 is 1.63 bits per heavy atom. The summed E-state index contributed by atoms with van der Waals surface area (Å²) in [7, 11) is -3.88. The average Bonchev–Trinajstić information content (AvgIpc) is 2.90. The number of hydrogen-bond acceptors (Lipinski definition) is 6. The number of carboxylic acids is 2. The molecule has 0 amide bonds. The van der Waals surface area contributed by atoms with E-state index in [0.29, 0.717) is 30.4 Å². The molecule has 1 aliphatic rings. The second-order valence-electron chi connectivity index (χ2n) is 9.70. The number of alkyl halides is 3. The topological polar surface area (TPSA) is 137 Å². The van der Waals surface area contributed by atoms with Crippen LogP contribution >= 0.6 is 0 Å². The van der Waals surface area contributed by atoms with Gasteiger partial charge in [0.15, 0.2) is 0 Å². The minimum absolute atomic E-state index is 0.0114. The molecule has 13 heteroatoms. The Balaban J connectivity index is 0.000000587. The number of rotatable bonds is 7. The first kappa shape index (κ1) is 31.4. The Hall–Kier alpha value is -4.13. The zero-order valence-corrected chi connectivity index (χ0v) is 23.2. The van der Waals surface area contributed by atoms with Crippen molar-refractivity contribution in [1.29, 1.82) is 0 Å². The fraction of sp³-hybridized carbons (Fsp3) is 0.321. The molecule has 0 spiro atoms. The zero-order chi connectivity index (χ0) is 30.4. The molecule has 0 unspecified atom stereocenters. The summed E-state index contributed by atoms with van der Waals surface area (Å²) in [5.74, 6) is -2.98. The summed E-state index contributed by atoms with van der Waals surface area (Å²) in [4.78, 5) is 27.4. The van der Waals surface area contributed by atoms with Crippen molar-refractivity contribution in [3.8, 4) is 0 Å². The number of nitrogens with one attached hydrogen (secondary N) is 1. The van der Waals surface area contributed by atoms with Gasteiger partial charge in [-0.05, 0) is 67.9 Å². The van der Waals surface area contributed by atoms with Gasteiger partial charge >= 0.3 is 18.1 Å². The van der Waals surface area contributed by atoms with Gasteiger partial charge in [-0.3, -0.25) is 4.72 Å². The van der Waals surface area contributed by atoms with E-state index in [2.05, 4.69) is 21.8 Å². The smallest absolute Gasteiger partial charge is 0.478 e. The molecule has 0 bridgehead atoms. The lowest BCUT2D eigenvalue weighted by Gasteiger charge is -2.33. The van der Waals surface area contributed by atoms with Gasteiger partial charge in [-0.1, -0.05) is 42.5 Å². The molecule has 220 valence electrons. The fourth-order valence-electron chi connectivity index (χ4n) is 4.43. The molecule has 1 saturated heterocycles. The van der Waals surface area contributed by atoms with Crippen LogP contribution in [0.25, 0.3) is 0 Å². The Labute approximate surface area is 235 Å². The highest BCUT2D eigenvalue weighted by molar-refractivity contribution is 7.92. The molecule has 1 aliphatic heterocycles. The van der Waals surface area contributed by atoms with E-state index in [4.69, 9.17) is 9.90 Å². The number of benzene rings is 2. The summed E-state index contributed by atoms with van der Waals surface area (Å²) in [6.45, 7) is 4.95. The predicted octanol–water partition coefficient (Wildman–Crippen LogP) is 5.29. The van der Waals surface area contributed by atoms with Crippen LogP contribution in [-0.2, 0) is 21.2 Å². The van der Waals surface area contributed by atoms with E-state index in [-0.39, 0.29) is 16.1 Å². The lowest BCUT2D eigenvalue weighted by molar-refractivity contribution is -0.192. The highest BCUT2D eigenvalue weighted by atomic mass is 32.2. The first-order valence-corrected chi connectivity index (χ1v) is 14.1. The quantitative estimate of drug-likeness (QED) is 0.336. The number of pyridine rings is 1. The van der Waals surface area contributed by atoms with Crippen LogP contribution in [0.1, 0.15) is 39.9 Å². The van der Waals surface area contributed by atoms with Crippen LogP contribution in [0.3, 0.4) is 0 Å². The molecule has 0 radical (unpaired) electrons. The fourth-order valence-corrected chi connectivity index (χ4v) is 5.79. The predicted molar refractivity (Wildman–Crippen MR) is 147 cm³/mol. The van der Waals surface area contributed by atoms with Crippen LogP contribution in [-0.4, -0.2) is 54.8 Å². The van der Waals surface area contributed by atoms with Gasteiger partial charge < -0.3 is 15.1 Å². The monoisotopic (exact) mass is 593 g/mol. The average molecular weight is 594 g/mol. The highest BCUT2D eigenvalue weighted by Crippen LogP contribution is 2.29. The van der Waals surface area contributed by atoms with Crippen molar-refractivity contribution in [2.24, 2.45) is 5.92 Å². The second kappa shape index (κ2) is 13.0. The van der Waals surface area contributed by atoms with Crippen LogP contribution in [0, 0.1) is 19.8 Å². The van der Waals surface area contributed by atoms with Crippen LogP contribution in [0.5, 0.6) is 0 Å². The first-order chi connectivity index (χ1) is 19.2. The largest absolute Gasteiger partial charge is 0.490 e. The van der Waals surface area contributed by atoms with E-state index in [0.717, 1.165) is 24.8 Å². The number of hydrogen-bond donors (Lipinski definition) is 3. The van der Waals surface area contributed by atoms with Gasteiger partial charge in [0.1, 0.15) is 11.4 Å². The number of piperidine rings is 1. The number of aromatic nitrogens is 1. The summed E-state index contributed by atoms with van der Waals surface area (Å²) in [5.41, 5.74) is 2.86. The Morgan fingerprint density at radius 3 is 2.20 bits per heavy atom. The Morgan fingerprint density at radius 1 is 1.02 bits per heavy atom. The van der Waals surface area contributed by atoms with Gasteiger partial charge in [-0.2, -0.15) is 13.2 Å². The summed E-state index contributed by atoms with van der Waals surface area (Å²) in [6.07, 6.45) is -0.805. The van der Waals surface area contributed by atoms with Crippen molar-refractivity contribution in [1.82, 2.24) is 4.98 Å². The number of anilines is 2. The highest BCUT2D eigenvalue weighted by Gasteiger charge is 2.38. The number of halogens is 3. The van der Waals surface area contributed by atoms with E-state index in [1.165, 1.54) is 17.8 Å². The third-order valence-corrected chi connectivity index (χ3v) is 8.03. The maximum atomic E-state index is 12.9. The van der Waals surface area contributed by atoms with Gasteiger partial charge in [-0.15, -0.1) is 0 Å². The number of nitrogens with zero attached hydrogens (tertiary/aromatic N) is 2. The molecule has 2 heterocycles. The molecule has 1 aromatic heterocycles. The van der Waals surface area contributed by atoms with Crippen LogP contribution in [0.15, 0.2) is 65.7 Å². The lowest BCUT2D eigenvalue weighted by Crippen LogP contribution is -2.36. The third kappa shape index (κ3) is 8.68. The normalized spacial score (nSPS) is 14.1. The van der Waals surface area contributed by atoms with E-state index in [1.807, 2.05) is 36.1 Å². The molecule has 3 N–H and O–H groups in total. The van der Waals surface area contributed by atoms with E-state index < -0.39 is 28.1 Å². The Kier molecular flexibility index (Phi) is 9.97. The molecular weight excluding hydrogens is 563 g/mol. The molecule has 0 aliphatic carbocycles. The summed E-state index contributed by atoms with van der Waals surface area (Å²) in [6, 6.07) is 16.9. The van der Waals surface area contributed by atoms with Gasteiger partial charge in [0.05, 0.1) is 16.8 Å². The maximum absolute atomic E-state index is 12.9. The van der Waals surface area contributed by atoms with Crippen molar-refractivity contribution in [3.63, 3.8) is 0 Å². The number of sulfonamides is 1. The number of carboxylic acid groups (broad SMARTS) is 2. The second-order valence-corrected chi connectivity index (χ2v) is 11.3. The minimum Gasteiger partial charge on any atom is -0.478 e. The van der Waals surface area contributed by atoms with Crippen molar-refractivity contribution >= 4 is 33.5 Å². The van der Waals surface area contributed by atoms with Crippen LogP contribution in [0.4, 0.5) is 24.7 Å². The standard InChI is InChI=1S/C26H29N3O4S.C2HF3O2/c1-18-8-9-19(2)24(14-18)34(32,33)28-22-16-23(26(30)31)25(27-17-22)29-12-10-21(11-13-29)15-20-6-4-3-5-7-20;3-2(4,5)1(6)7/h3-9,14,16-17,21,28H,10-13,15H2,1-2H3,(H,30,31);(H,6,7). The molecule has 3 aromatic rings. The van der Waals surface area contributed by atoms with Gasteiger partial charge in [0.25, 0.3) is 10.0 Å². The summed E-state index contributed by atoms with van der Waals surface area (Å²) < 4.78 is 60.1. The zero-order valence-electron chi connectivity index (χ0n) is 22.4. The lowest BCUT2D eigenvalue weighted by atomic mass is 9.90. The van der Waals surface area contributed by atoms with Crippen LogP contribution in [0.2, 0.25) is 0 Å². The Bertz CT molecular complexity index is 1490. The van der Waals surface area contributed by atoms with Crippen molar-refractivity contribution in [3.05, 3.63) is 83.0 Å². The number of aromatic carboxylic acids is 1. The number of aryl methyl sites for hydroxylation is 2. The summed E-state index contributed by atoms with van der Waals surface area (Å²) in [5, 5.41) is 16.9.